The van der Waals surface area contributed by atoms with E-state index in [0.29, 0.717) is 28.3 Å². The van der Waals surface area contributed by atoms with E-state index in [1.54, 1.807) is 19.5 Å². The zero-order valence-electron chi connectivity index (χ0n) is 21.6. The lowest BCUT2D eigenvalue weighted by atomic mass is 9.82. The van der Waals surface area contributed by atoms with Gasteiger partial charge < -0.3 is 25.4 Å². The molecule has 1 saturated heterocycles. The van der Waals surface area contributed by atoms with Crippen molar-refractivity contribution in [3.05, 3.63) is 34.7 Å². The van der Waals surface area contributed by atoms with Crippen LogP contribution in [0.2, 0.25) is 10.2 Å². The van der Waals surface area contributed by atoms with Crippen molar-refractivity contribution in [1.82, 2.24) is 15.3 Å². The van der Waals surface area contributed by atoms with Gasteiger partial charge in [-0.05, 0) is 63.0 Å². The van der Waals surface area contributed by atoms with Gasteiger partial charge in [-0.25, -0.2) is 9.97 Å². The number of aromatic nitrogens is 2. The van der Waals surface area contributed by atoms with E-state index >= 15 is 0 Å². The monoisotopic (exact) mass is 535 g/mol. The molecule has 1 aliphatic heterocycles. The molecule has 36 heavy (non-hydrogen) atoms. The normalized spacial score (nSPS) is 22.7. The first kappa shape index (κ1) is 27.4. The van der Waals surface area contributed by atoms with Crippen LogP contribution in [0.3, 0.4) is 0 Å². The maximum Gasteiger partial charge on any atom is 0.137 e. The average Bonchev–Trinajstić information content (AvgIpc) is 2.87. The molecule has 7 nitrogen and oxygen atoms in total. The Morgan fingerprint density at radius 3 is 2.50 bits per heavy atom. The Bertz CT molecular complexity index is 994. The summed E-state index contributed by atoms with van der Waals surface area (Å²) in [5.41, 5.74) is 2.77. The van der Waals surface area contributed by atoms with Crippen molar-refractivity contribution in [3.63, 3.8) is 0 Å². The Kier molecular flexibility index (Phi) is 9.70. The Morgan fingerprint density at radius 1 is 1.06 bits per heavy atom. The third-order valence-electron chi connectivity index (χ3n) is 7.42. The molecule has 0 bridgehead atoms. The maximum atomic E-state index is 6.58. The van der Waals surface area contributed by atoms with Crippen LogP contribution in [0.5, 0.6) is 0 Å². The minimum atomic E-state index is 0.208. The highest BCUT2D eigenvalue weighted by Crippen LogP contribution is 2.36. The summed E-state index contributed by atoms with van der Waals surface area (Å²) in [6.07, 6.45) is 9.99. The van der Waals surface area contributed by atoms with E-state index in [2.05, 4.69) is 39.8 Å². The summed E-state index contributed by atoms with van der Waals surface area (Å²) in [5.74, 6) is 0.808. The first-order chi connectivity index (χ1) is 17.3. The van der Waals surface area contributed by atoms with Crippen LogP contribution >= 0.6 is 23.2 Å². The Morgan fingerprint density at radius 2 is 1.78 bits per heavy atom. The fourth-order valence-corrected chi connectivity index (χ4v) is 5.54. The second kappa shape index (κ2) is 12.7. The number of anilines is 2. The summed E-state index contributed by atoms with van der Waals surface area (Å²) in [7, 11) is 1.75. The number of methoxy groups -OCH3 is 1. The van der Waals surface area contributed by atoms with Gasteiger partial charge in [0.15, 0.2) is 0 Å². The van der Waals surface area contributed by atoms with Crippen LogP contribution < -0.4 is 16.0 Å². The predicted octanol–water partition coefficient (Wildman–Crippen LogP) is 6.03. The number of halogens is 2. The van der Waals surface area contributed by atoms with Gasteiger partial charge in [0.1, 0.15) is 11.0 Å². The molecular weight excluding hydrogens is 497 g/mol. The van der Waals surface area contributed by atoms with Crippen LogP contribution in [0.15, 0.2) is 24.5 Å². The molecule has 4 rings (SSSR count). The molecule has 2 aromatic heterocycles. The van der Waals surface area contributed by atoms with Gasteiger partial charge in [-0.1, -0.05) is 30.1 Å². The number of ether oxygens (including phenoxy) is 2. The van der Waals surface area contributed by atoms with Crippen molar-refractivity contribution < 1.29 is 9.47 Å². The van der Waals surface area contributed by atoms with E-state index < -0.39 is 0 Å². The predicted molar refractivity (Wildman–Crippen MR) is 148 cm³/mol. The highest BCUT2D eigenvalue weighted by molar-refractivity contribution is 6.36. The summed E-state index contributed by atoms with van der Waals surface area (Å²) in [6.45, 7) is 7.69. The molecule has 3 N–H and O–H groups in total. The fraction of sp³-hybridized carbons (Fsp3) is 0.630. The van der Waals surface area contributed by atoms with E-state index in [0.717, 1.165) is 87.5 Å². The molecule has 0 amide bonds. The minimum Gasteiger partial charge on any atom is -0.383 e. The molecular formula is C27H39Cl2N5O2. The van der Waals surface area contributed by atoms with Crippen molar-refractivity contribution in [1.29, 1.82) is 0 Å². The molecule has 198 valence electrons. The molecule has 2 aliphatic rings. The first-order valence-corrected chi connectivity index (χ1v) is 13.8. The Labute approximate surface area is 225 Å². The first-order valence-electron chi connectivity index (χ1n) is 13.0. The van der Waals surface area contributed by atoms with Crippen LogP contribution in [0.25, 0.3) is 11.1 Å². The van der Waals surface area contributed by atoms with Gasteiger partial charge in [0.25, 0.3) is 0 Å². The smallest absolute Gasteiger partial charge is 0.137 e. The van der Waals surface area contributed by atoms with Crippen molar-refractivity contribution >= 4 is 34.7 Å². The third-order valence-corrected chi connectivity index (χ3v) is 8.02. The van der Waals surface area contributed by atoms with Gasteiger partial charge in [0, 0.05) is 62.3 Å². The molecule has 1 atom stereocenters. The number of pyridine rings is 2. The number of nitrogens with zero attached hydrogens (tertiary/aromatic N) is 2. The Hall–Kier alpha value is -1.64. The van der Waals surface area contributed by atoms with Crippen molar-refractivity contribution in [3.8, 4) is 11.1 Å². The molecule has 0 aromatic carbocycles. The summed E-state index contributed by atoms with van der Waals surface area (Å²) < 4.78 is 10.8. The minimum absolute atomic E-state index is 0.208. The maximum absolute atomic E-state index is 6.58. The highest BCUT2D eigenvalue weighted by Gasteiger charge is 2.27. The number of hydrogen-bond acceptors (Lipinski definition) is 7. The molecule has 0 radical (unpaired) electrons. The van der Waals surface area contributed by atoms with Crippen molar-refractivity contribution in [2.45, 2.75) is 70.5 Å². The standard InChI is InChI=1S/C27H39Cl2N5O2/c1-18(16-35-3)33-19-4-6-20(7-5-19)34-25-13-22(24(28)15-30-25)23-12-21(14-31-26(23)29)32-17-27(2)8-10-36-11-9-27/h12-15,18-20,32-33H,4-11,16-17H2,1-3H3,(H,30,34)/t18-,19?,20?/m1/s1. The van der Waals surface area contributed by atoms with E-state index in [-0.39, 0.29) is 5.41 Å². The molecule has 2 aromatic rings. The Balaban J connectivity index is 1.40. The second-order valence-corrected chi connectivity index (χ2v) is 11.4. The highest BCUT2D eigenvalue weighted by atomic mass is 35.5. The molecule has 9 heteroatoms. The van der Waals surface area contributed by atoms with Gasteiger partial charge in [-0.2, -0.15) is 0 Å². The molecule has 3 heterocycles. The summed E-state index contributed by atoms with van der Waals surface area (Å²) in [6, 6.07) is 5.30. The van der Waals surface area contributed by atoms with Gasteiger partial charge in [0.05, 0.1) is 23.5 Å². The van der Waals surface area contributed by atoms with Crippen LogP contribution in [-0.4, -0.2) is 61.6 Å². The number of rotatable bonds is 10. The van der Waals surface area contributed by atoms with Crippen molar-refractivity contribution in [2.24, 2.45) is 5.41 Å². The second-order valence-electron chi connectivity index (χ2n) is 10.6. The largest absolute Gasteiger partial charge is 0.383 e. The average molecular weight is 537 g/mol. The number of nitrogens with one attached hydrogen (secondary N) is 3. The van der Waals surface area contributed by atoms with Gasteiger partial charge >= 0.3 is 0 Å². The zero-order valence-corrected chi connectivity index (χ0v) is 23.1. The van der Waals surface area contributed by atoms with E-state index in [4.69, 9.17) is 32.7 Å². The number of hydrogen-bond donors (Lipinski definition) is 3. The van der Waals surface area contributed by atoms with Crippen LogP contribution in [0.1, 0.15) is 52.4 Å². The summed E-state index contributed by atoms with van der Waals surface area (Å²) in [5, 5.41) is 11.8. The topological polar surface area (TPSA) is 80.3 Å². The van der Waals surface area contributed by atoms with Crippen LogP contribution in [0.4, 0.5) is 11.5 Å². The lowest BCUT2D eigenvalue weighted by Gasteiger charge is -2.34. The fourth-order valence-electron chi connectivity index (χ4n) is 5.13. The quantitative estimate of drug-likeness (QED) is 0.320. The zero-order chi connectivity index (χ0) is 25.5. The summed E-state index contributed by atoms with van der Waals surface area (Å²) >= 11 is 13.1. The van der Waals surface area contributed by atoms with Crippen molar-refractivity contribution in [2.75, 3.05) is 44.1 Å². The SMILES string of the molecule is COC[C@@H](C)NC1CCC(Nc2cc(-c3cc(NCC4(C)CCOCC4)cnc3Cl)c(Cl)cn2)CC1. The lowest BCUT2D eigenvalue weighted by Crippen LogP contribution is -2.42. The molecule has 0 spiro atoms. The van der Waals surface area contributed by atoms with E-state index in [9.17, 15) is 0 Å². The molecule has 1 saturated carbocycles. The molecule has 1 aliphatic carbocycles. The van der Waals surface area contributed by atoms with E-state index in [1.165, 1.54) is 0 Å². The van der Waals surface area contributed by atoms with Gasteiger partial charge in [0.2, 0.25) is 0 Å². The third kappa shape index (κ3) is 7.45. The van der Waals surface area contributed by atoms with Gasteiger partial charge in [-0.3, -0.25) is 0 Å². The van der Waals surface area contributed by atoms with Gasteiger partial charge in [-0.15, -0.1) is 0 Å². The van der Waals surface area contributed by atoms with Crippen LogP contribution in [-0.2, 0) is 9.47 Å². The van der Waals surface area contributed by atoms with E-state index in [1.807, 2.05) is 12.1 Å². The summed E-state index contributed by atoms with van der Waals surface area (Å²) in [4.78, 5) is 8.98. The molecule has 2 fully saturated rings. The lowest BCUT2D eigenvalue weighted by molar-refractivity contribution is 0.0300. The van der Waals surface area contributed by atoms with Crippen LogP contribution in [0, 0.1) is 5.41 Å². The molecule has 0 unspecified atom stereocenters.